The second-order valence-electron chi connectivity index (χ2n) is 6.86. The average Bonchev–Trinajstić information content (AvgIpc) is 2.90. The number of hydrogen-bond acceptors (Lipinski definition) is 3. The van der Waals surface area contributed by atoms with Crippen LogP contribution in [0.25, 0.3) is 5.65 Å². The number of nitrogens with one attached hydrogen (secondary N) is 2. The summed E-state index contributed by atoms with van der Waals surface area (Å²) in [6, 6.07) is 6.04. The molecular formula is C20H31N5O. The van der Waals surface area contributed by atoms with Gasteiger partial charge in [0.05, 0.1) is 18.4 Å². The van der Waals surface area contributed by atoms with E-state index in [0.717, 1.165) is 43.4 Å². The Morgan fingerprint density at radius 1 is 1.19 bits per heavy atom. The number of nitrogens with zero attached hydrogens (tertiary/aromatic N) is 3. The van der Waals surface area contributed by atoms with Crippen molar-refractivity contribution in [1.82, 2.24) is 20.0 Å². The van der Waals surface area contributed by atoms with Gasteiger partial charge in [0.15, 0.2) is 5.96 Å². The maximum Gasteiger partial charge on any atom is 0.191 e. The number of ether oxygens (including phenoxy) is 1. The van der Waals surface area contributed by atoms with Crippen molar-refractivity contribution in [1.29, 1.82) is 0 Å². The van der Waals surface area contributed by atoms with Gasteiger partial charge in [-0.2, -0.15) is 0 Å². The predicted octanol–water partition coefficient (Wildman–Crippen LogP) is 2.78. The van der Waals surface area contributed by atoms with E-state index in [4.69, 9.17) is 4.74 Å². The number of aliphatic imine (C=N–C) groups is 1. The third-order valence-electron chi connectivity index (χ3n) is 4.86. The van der Waals surface area contributed by atoms with E-state index in [9.17, 15) is 0 Å². The third-order valence-corrected chi connectivity index (χ3v) is 4.86. The summed E-state index contributed by atoms with van der Waals surface area (Å²) in [5.74, 6) is 0.818. The van der Waals surface area contributed by atoms with Gasteiger partial charge in [-0.3, -0.25) is 4.99 Å². The van der Waals surface area contributed by atoms with Gasteiger partial charge in [0.1, 0.15) is 5.65 Å². The molecule has 1 fully saturated rings. The van der Waals surface area contributed by atoms with Crippen molar-refractivity contribution in [3.63, 3.8) is 0 Å². The molecule has 26 heavy (non-hydrogen) atoms. The second kappa shape index (κ2) is 10.2. The van der Waals surface area contributed by atoms with Crippen molar-refractivity contribution in [3.05, 3.63) is 36.3 Å². The van der Waals surface area contributed by atoms with Gasteiger partial charge < -0.3 is 19.8 Å². The van der Waals surface area contributed by atoms with Gasteiger partial charge in [-0.1, -0.05) is 31.7 Å². The number of imidazole rings is 1. The summed E-state index contributed by atoms with van der Waals surface area (Å²) in [6.07, 6.45) is 13.2. The Bertz CT molecular complexity index is 655. The highest BCUT2D eigenvalue weighted by Gasteiger charge is 2.12. The molecule has 0 unspecified atom stereocenters. The molecule has 0 bridgehead atoms. The van der Waals surface area contributed by atoms with Crippen molar-refractivity contribution in [2.75, 3.05) is 26.7 Å². The number of pyridine rings is 1. The molecule has 2 N–H and O–H groups in total. The lowest BCUT2D eigenvalue weighted by Crippen LogP contribution is -2.40. The minimum atomic E-state index is 0.448. The Morgan fingerprint density at radius 2 is 2.00 bits per heavy atom. The first kappa shape index (κ1) is 18.7. The normalized spacial score (nSPS) is 16.6. The highest BCUT2D eigenvalue weighted by atomic mass is 16.5. The van der Waals surface area contributed by atoms with Crippen molar-refractivity contribution in [2.45, 2.75) is 51.0 Å². The van der Waals surface area contributed by atoms with Crippen LogP contribution in [0.4, 0.5) is 0 Å². The van der Waals surface area contributed by atoms with Crippen LogP contribution in [0.2, 0.25) is 0 Å². The van der Waals surface area contributed by atoms with Crippen molar-refractivity contribution < 1.29 is 4.74 Å². The van der Waals surface area contributed by atoms with Crippen LogP contribution in [0.15, 0.2) is 35.6 Å². The maximum absolute atomic E-state index is 6.01. The van der Waals surface area contributed by atoms with E-state index in [2.05, 4.69) is 26.8 Å². The van der Waals surface area contributed by atoms with Crippen LogP contribution in [0.5, 0.6) is 0 Å². The van der Waals surface area contributed by atoms with Crippen molar-refractivity contribution >= 4 is 11.6 Å². The molecule has 3 rings (SSSR count). The summed E-state index contributed by atoms with van der Waals surface area (Å²) in [5, 5.41) is 6.67. The zero-order valence-electron chi connectivity index (χ0n) is 15.8. The zero-order chi connectivity index (χ0) is 18.0. The summed E-state index contributed by atoms with van der Waals surface area (Å²) in [4.78, 5) is 8.89. The van der Waals surface area contributed by atoms with Crippen LogP contribution < -0.4 is 10.6 Å². The van der Waals surface area contributed by atoms with E-state index in [1.54, 1.807) is 7.05 Å². The van der Waals surface area contributed by atoms with Crippen molar-refractivity contribution in [3.8, 4) is 0 Å². The molecule has 6 heteroatoms. The lowest BCUT2D eigenvalue weighted by molar-refractivity contribution is 0.0468. The molecule has 0 radical (unpaired) electrons. The topological polar surface area (TPSA) is 63.0 Å². The fraction of sp³-hybridized carbons (Fsp3) is 0.600. The lowest BCUT2D eigenvalue weighted by atomic mass is 10.1. The van der Waals surface area contributed by atoms with Crippen molar-refractivity contribution in [2.24, 2.45) is 4.99 Å². The minimum Gasteiger partial charge on any atom is -0.376 e. The van der Waals surface area contributed by atoms with E-state index < -0.39 is 0 Å². The minimum absolute atomic E-state index is 0.448. The summed E-state index contributed by atoms with van der Waals surface area (Å²) in [6.45, 7) is 2.31. The lowest BCUT2D eigenvalue weighted by Gasteiger charge is -2.16. The van der Waals surface area contributed by atoms with Gasteiger partial charge in [-0.05, 0) is 25.0 Å². The van der Waals surface area contributed by atoms with Gasteiger partial charge in [0, 0.05) is 39.0 Å². The Kier molecular flexibility index (Phi) is 7.31. The number of fused-ring (bicyclic) bond motifs is 1. The van der Waals surface area contributed by atoms with Crippen LogP contribution in [0, 0.1) is 0 Å². The number of hydrogen-bond donors (Lipinski definition) is 2. The first-order valence-electron chi connectivity index (χ1n) is 9.84. The molecule has 1 aliphatic rings. The average molecular weight is 358 g/mol. The highest BCUT2D eigenvalue weighted by molar-refractivity contribution is 5.79. The van der Waals surface area contributed by atoms with E-state index in [1.807, 2.05) is 28.8 Å². The summed E-state index contributed by atoms with van der Waals surface area (Å²) in [7, 11) is 1.80. The molecule has 142 valence electrons. The number of aromatic nitrogens is 2. The molecule has 2 heterocycles. The molecule has 2 aromatic rings. The quantitative estimate of drug-likeness (QED) is 0.346. The molecule has 0 saturated heterocycles. The molecule has 0 aliphatic heterocycles. The van der Waals surface area contributed by atoms with Crippen LogP contribution in [-0.4, -0.2) is 48.2 Å². The highest BCUT2D eigenvalue weighted by Crippen LogP contribution is 2.19. The fourth-order valence-corrected chi connectivity index (χ4v) is 3.44. The summed E-state index contributed by atoms with van der Waals surface area (Å²) >= 11 is 0. The molecule has 1 aliphatic carbocycles. The van der Waals surface area contributed by atoms with Crippen LogP contribution >= 0.6 is 0 Å². The fourth-order valence-electron chi connectivity index (χ4n) is 3.44. The van der Waals surface area contributed by atoms with E-state index in [1.165, 1.54) is 38.5 Å². The zero-order valence-corrected chi connectivity index (χ0v) is 15.8. The van der Waals surface area contributed by atoms with Crippen LogP contribution in [0.3, 0.4) is 0 Å². The van der Waals surface area contributed by atoms with Gasteiger partial charge in [-0.25, -0.2) is 4.98 Å². The third kappa shape index (κ3) is 5.73. The SMILES string of the molecule is CN=C(NCCOC1CCCCCC1)NCCc1cn2ccccc2n1. The molecular weight excluding hydrogens is 326 g/mol. The molecule has 0 atom stereocenters. The van der Waals surface area contributed by atoms with E-state index in [-0.39, 0.29) is 0 Å². The maximum atomic E-state index is 6.01. The van der Waals surface area contributed by atoms with E-state index >= 15 is 0 Å². The first-order valence-corrected chi connectivity index (χ1v) is 9.84. The first-order chi connectivity index (χ1) is 12.8. The van der Waals surface area contributed by atoms with Crippen LogP contribution in [-0.2, 0) is 11.2 Å². The number of rotatable bonds is 7. The second-order valence-corrected chi connectivity index (χ2v) is 6.86. The largest absolute Gasteiger partial charge is 0.376 e. The summed E-state index contributed by atoms with van der Waals surface area (Å²) < 4.78 is 8.06. The number of guanidine groups is 1. The van der Waals surface area contributed by atoms with Gasteiger partial charge in [-0.15, -0.1) is 0 Å². The molecule has 6 nitrogen and oxygen atoms in total. The monoisotopic (exact) mass is 357 g/mol. The van der Waals surface area contributed by atoms with Gasteiger partial charge >= 0.3 is 0 Å². The Morgan fingerprint density at radius 3 is 2.77 bits per heavy atom. The molecule has 1 saturated carbocycles. The standard InChI is InChI=1S/C20H31N5O/c1-21-20(23-13-15-26-18-8-4-2-3-5-9-18)22-12-11-17-16-25-14-7-6-10-19(25)24-17/h6-7,10,14,16,18H,2-5,8-9,11-13,15H2,1H3,(H2,21,22,23). The van der Waals surface area contributed by atoms with Gasteiger partial charge in [0.25, 0.3) is 0 Å². The molecule has 0 aromatic carbocycles. The van der Waals surface area contributed by atoms with Gasteiger partial charge in [0.2, 0.25) is 0 Å². The smallest absolute Gasteiger partial charge is 0.191 e. The Hall–Kier alpha value is -2.08. The van der Waals surface area contributed by atoms with E-state index in [0.29, 0.717) is 6.10 Å². The molecule has 0 spiro atoms. The molecule has 2 aromatic heterocycles. The Balaban J connectivity index is 1.32. The predicted molar refractivity (Wildman–Crippen MR) is 106 cm³/mol. The summed E-state index contributed by atoms with van der Waals surface area (Å²) in [5.41, 5.74) is 2.07. The molecule has 0 amide bonds. The van der Waals surface area contributed by atoms with Crippen LogP contribution in [0.1, 0.15) is 44.2 Å². The Labute approximate surface area is 156 Å².